The van der Waals surface area contributed by atoms with Crippen LogP contribution >= 0.6 is 0 Å². The van der Waals surface area contributed by atoms with E-state index in [1.165, 1.54) is 0 Å². The quantitative estimate of drug-likeness (QED) is 0.795. The molecular weight excluding hydrogens is 234 g/mol. The predicted octanol–water partition coefficient (Wildman–Crippen LogP) is 1.65. The molecule has 0 N–H and O–H groups in total. The molecule has 2 saturated heterocycles. The highest BCUT2D eigenvalue weighted by Crippen LogP contribution is 2.30. The Morgan fingerprint density at radius 3 is 2.17 bits per heavy atom. The van der Waals surface area contributed by atoms with E-state index in [-0.39, 0.29) is 6.29 Å². The Labute approximate surface area is 105 Å². The van der Waals surface area contributed by atoms with Crippen LogP contribution in [0.5, 0.6) is 0 Å². The number of hydrogen-bond acceptors (Lipinski definition) is 5. The number of hydrogen-bond donors (Lipinski definition) is 0. The first-order valence-corrected chi connectivity index (χ1v) is 5.89. The predicted molar refractivity (Wildman–Crippen MR) is 60.4 cm³/mol. The molecule has 0 aliphatic carbocycles. The minimum atomic E-state index is -0.431. The first-order valence-electron chi connectivity index (χ1n) is 5.89. The topological polar surface area (TPSA) is 60.7 Å². The maximum absolute atomic E-state index is 9.20. The Morgan fingerprint density at radius 2 is 1.56 bits per heavy atom. The van der Waals surface area contributed by atoms with Gasteiger partial charge in [-0.05, 0) is 6.07 Å². The summed E-state index contributed by atoms with van der Waals surface area (Å²) in [5, 5.41) is 9.20. The number of nitriles is 1. The summed E-state index contributed by atoms with van der Waals surface area (Å²) in [6.07, 6.45) is -0.796. The fraction of sp³-hybridized carbons (Fsp3) is 0.462. The molecule has 2 aliphatic heterocycles. The lowest BCUT2D eigenvalue weighted by molar-refractivity contribution is -0.0470. The van der Waals surface area contributed by atoms with Crippen LogP contribution in [0.25, 0.3) is 0 Å². The van der Waals surface area contributed by atoms with Gasteiger partial charge in [-0.25, -0.2) is 0 Å². The summed E-state index contributed by atoms with van der Waals surface area (Å²) in [5.74, 6) is 0. The van der Waals surface area contributed by atoms with E-state index >= 15 is 0 Å². The fourth-order valence-electron chi connectivity index (χ4n) is 2.11. The molecule has 0 amide bonds. The van der Waals surface area contributed by atoms with E-state index in [0.717, 1.165) is 11.1 Å². The van der Waals surface area contributed by atoms with Crippen LogP contribution in [0.4, 0.5) is 0 Å². The molecule has 2 heterocycles. The summed E-state index contributed by atoms with van der Waals surface area (Å²) < 4.78 is 21.6. The van der Waals surface area contributed by atoms with Gasteiger partial charge in [0.2, 0.25) is 0 Å². The highest BCUT2D eigenvalue weighted by molar-refractivity contribution is 5.42. The first-order chi connectivity index (χ1) is 8.88. The second-order valence-corrected chi connectivity index (χ2v) is 4.11. The summed E-state index contributed by atoms with van der Waals surface area (Å²) in [6, 6.07) is 7.67. The van der Waals surface area contributed by atoms with Crippen LogP contribution in [0.2, 0.25) is 0 Å². The standard InChI is InChI=1S/C13H13NO4/c14-8-10-7-9(12-15-3-4-16-12)1-2-11(10)13-17-5-6-18-13/h1-2,7,12-13H,3-6H2. The van der Waals surface area contributed by atoms with Crippen molar-refractivity contribution < 1.29 is 18.9 Å². The summed E-state index contributed by atoms with van der Waals surface area (Å²) in [4.78, 5) is 0. The minimum Gasteiger partial charge on any atom is -0.346 e. The summed E-state index contributed by atoms with van der Waals surface area (Å²) in [6.45, 7) is 2.30. The van der Waals surface area contributed by atoms with E-state index in [1.807, 2.05) is 12.1 Å². The molecule has 94 valence electrons. The van der Waals surface area contributed by atoms with Crippen LogP contribution in [0.3, 0.4) is 0 Å². The normalized spacial score (nSPS) is 21.3. The Balaban J connectivity index is 1.89. The van der Waals surface area contributed by atoms with Crippen molar-refractivity contribution in [2.45, 2.75) is 12.6 Å². The average molecular weight is 247 g/mol. The van der Waals surface area contributed by atoms with E-state index in [2.05, 4.69) is 6.07 Å². The van der Waals surface area contributed by atoms with Crippen LogP contribution < -0.4 is 0 Å². The van der Waals surface area contributed by atoms with E-state index in [9.17, 15) is 5.26 Å². The third-order valence-electron chi connectivity index (χ3n) is 2.97. The second-order valence-electron chi connectivity index (χ2n) is 4.11. The Kier molecular flexibility index (Phi) is 3.26. The van der Waals surface area contributed by atoms with Crippen molar-refractivity contribution in [1.82, 2.24) is 0 Å². The lowest BCUT2D eigenvalue weighted by Gasteiger charge is -2.14. The maximum atomic E-state index is 9.20. The van der Waals surface area contributed by atoms with Gasteiger partial charge in [0.25, 0.3) is 0 Å². The van der Waals surface area contributed by atoms with Gasteiger partial charge in [0.15, 0.2) is 12.6 Å². The molecule has 5 nitrogen and oxygen atoms in total. The fourth-order valence-corrected chi connectivity index (χ4v) is 2.11. The van der Waals surface area contributed by atoms with Gasteiger partial charge in [-0.15, -0.1) is 0 Å². The van der Waals surface area contributed by atoms with Gasteiger partial charge in [0.1, 0.15) is 0 Å². The molecule has 1 aromatic carbocycles. The number of ether oxygens (including phenoxy) is 4. The molecule has 0 bridgehead atoms. The number of benzene rings is 1. The molecule has 0 atom stereocenters. The maximum Gasteiger partial charge on any atom is 0.185 e. The van der Waals surface area contributed by atoms with E-state index in [1.54, 1.807) is 6.07 Å². The highest BCUT2D eigenvalue weighted by Gasteiger charge is 2.24. The van der Waals surface area contributed by atoms with Crippen molar-refractivity contribution in [1.29, 1.82) is 5.26 Å². The molecule has 0 radical (unpaired) electrons. The molecule has 0 saturated carbocycles. The zero-order chi connectivity index (χ0) is 12.4. The van der Waals surface area contributed by atoms with Crippen molar-refractivity contribution in [2.24, 2.45) is 0 Å². The van der Waals surface area contributed by atoms with Crippen LogP contribution in [0.15, 0.2) is 18.2 Å². The Morgan fingerprint density at radius 1 is 0.944 bits per heavy atom. The van der Waals surface area contributed by atoms with Gasteiger partial charge in [-0.1, -0.05) is 12.1 Å². The van der Waals surface area contributed by atoms with Gasteiger partial charge >= 0.3 is 0 Å². The Bertz CT molecular complexity index is 470. The lowest BCUT2D eigenvalue weighted by Crippen LogP contribution is -2.04. The monoisotopic (exact) mass is 247 g/mol. The van der Waals surface area contributed by atoms with Crippen LogP contribution in [-0.4, -0.2) is 26.4 Å². The van der Waals surface area contributed by atoms with Crippen molar-refractivity contribution >= 4 is 0 Å². The third-order valence-corrected chi connectivity index (χ3v) is 2.97. The average Bonchev–Trinajstić information content (AvgIpc) is 3.11. The molecule has 2 fully saturated rings. The zero-order valence-corrected chi connectivity index (χ0v) is 9.80. The molecule has 18 heavy (non-hydrogen) atoms. The SMILES string of the molecule is N#Cc1cc(C2OCCO2)ccc1C1OCCO1. The molecule has 0 unspecified atom stereocenters. The van der Waals surface area contributed by atoms with Crippen molar-refractivity contribution in [2.75, 3.05) is 26.4 Å². The lowest BCUT2D eigenvalue weighted by atomic mass is 10.0. The molecule has 1 aromatic rings. The van der Waals surface area contributed by atoms with Crippen molar-refractivity contribution in [3.63, 3.8) is 0 Å². The number of rotatable bonds is 2. The molecule has 2 aliphatic rings. The van der Waals surface area contributed by atoms with Crippen LogP contribution in [0.1, 0.15) is 29.3 Å². The first kappa shape index (κ1) is 11.6. The summed E-state index contributed by atoms with van der Waals surface area (Å²) >= 11 is 0. The Hall–Kier alpha value is -1.45. The van der Waals surface area contributed by atoms with Gasteiger partial charge in [-0.2, -0.15) is 5.26 Å². The summed E-state index contributed by atoms with van der Waals surface area (Å²) in [5.41, 5.74) is 2.15. The minimum absolute atomic E-state index is 0.364. The van der Waals surface area contributed by atoms with Gasteiger partial charge in [-0.3, -0.25) is 0 Å². The van der Waals surface area contributed by atoms with Crippen LogP contribution in [-0.2, 0) is 18.9 Å². The third kappa shape index (κ3) is 2.11. The zero-order valence-electron chi connectivity index (χ0n) is 9.80. The number of nitrogens with zero attached hydrogens (tertiary/aromatic N) is 1. The molecule has 0 spiro atoms. The van der Waals surface area contributed by atoms with Crippen LogP contribution in [0, 0.1) is 11.3 Å². The van der Waals surface area contributed by atoms with E-state index in [4.69, 9.17) is 18.9 Å². The highest BCUT2D eigenvalue weighted by atomic mass is 16.7. The smallest absolute Gasteiger partial charge is 0.185 e. The summed E-state index contributed by atoms with van der Waals surface area (Å²) in [7, 11) is 0. The second kappa shape index (κ2) is 5.04. The van der Waals surface area contributed by atoms with Gasteiger partial charge in [0.05, 0.1) is 38.1 Å². The molecule has 0 aromatic heterocycles. The molecular formula is C13H13NO4. The van der Waals surface area contributed by atoms with Gasteiger partial charge in [0, 0.05) is 11.1 Å². The van der Waals surface area contributed by atoms with Crippen molar-refractivity contribution in [3.05, 3.63) is 34.9 Å². The van der Waals surface area contributed by atoms with E-state index < -0.39 is 6.29 Å². The van der Waals surface area contributed by atoms with Gasteiger partial charge < -0.3 is 18.9 Å². The van der Waals surface area contributed by atoms with Crippen molar-refractivity contribution in [3.8, 4) is 6.07 Å². The molecule has 5 heteroatoms. The van der Waals surface area contributed by atoms with E-state index in [0.29, 0.717) is 32.0 Å². The largest absolute Gasteiger partial charge is 0.346 e. The molecule has 3 rings (SSSR count).